The van der Waals surface area contributed by atoms with Crippen LogP contribution in [0, 0.1) is 17.4 Å². The number of rotatable bonds is 1. The van der Waals surface area contributed by atoms with Crippen LogP contribution in [0.5, 0.6) is 0 Å². The van der Waals surface area contributed by atoms with Gasteiger partial charge < -0.3 is 9.64 Å². The average Bonchev–Trinajstić information content (AvgIpc) is 2.01. The molecule has 0 aromatic rings. The van der Waals surface area contributed by atoms with Gasteiger partial charge >= 0.3 is 0 Å². The van der Waals surface area contributed by atoms with Crippen molar-refractivity contribution in [3.05, 3.63) is 0 Å². The van der Waals surface area contributed by atoms with E-state index in [0.717, 1.165) is 6.54 Å². The summed E-state index contributed by atoms with van der Waals surface area (Å²) in [6, 6.07) is 0.200. The van der Waals surface area contributed by atoms with Gasteiger partial charge in [0.05, 0.1) is 24.8 Å². The van der Waals surface area contributed by atoms with Gasteiger partial charge in [-0.3, -0.25) is 0 Å². The molecule has 0 aromatic carbocycles. The van der Waals surface area contributed by atoms with Gasteiger partial charge in [0.15, 0.2) is 6.19 Å². The molecule has 1 aliphatic rings. The maximum Gasteiger partial charge on any atom is 0.179 e. The van der Waals surface area contributed by atoms with E-state index >= 15 is 0 Å². The second-order valence-corrected chi connectivity index (χ2v) is 4.43. The first-order valence-electron chi connectivity index (χ1n) is 4.79. The summed E-state index contributed by atoms with van der Waals surface area (Å²) in [5.41, 5.74) is -0.206. The lowest BCUT2D eigenvalue weighted by molar-refractivity contribution is -0.123. The minimum Gasteiger partial charge on any atom is -0.372 e. The molecule has 13 heavy (non-hydrogen) atoms. The summed E-state index contributed by atoms with van der Waals surface area (Å²) in [5.74, 6) is 0.440. The van der Waals surface area contributed by atoms with Gasteiger partial charge in [0.1, 0.15) is 0 Å². The Kier molecular flexibility index (Phi) is 2.82. The molecule has 0 N–H and O–H groups in total. The Morgan fingerprint density at radius 1 is 1.54 bits per heavy atom. The molecule has 3 heteroatoms. The maximum absolute atomic E-state index is 8.96. The SMILES string of the molecule is CC(C)C1N(C#N)CCOC1(C)C. The first-order valence-corrected chi connectivity index (χ1v) is 4.79. The molecule has 1 fully saturated rings. The van der Waals surface area contributed by atoms with Crippen molar-refractivity contribution in [2.24, 2.45) is 5.92 Å². The fourth-order valence-corrected chi connectivity index (χ4v) is 2.28. The summed E-state index contributed by atoms with van der Waals surface area (Å²) in [5, 5.41) is 8.96. The van der Waals surface area contributed by atoms with Crippen molar-refractivity contribution in [1.29, 1.82) is 5.26 Å². The molecule has 1 heterocycles. The van der Waals surface area contributed by atoms with Crippen molar-refractivity contribution in [3.63, 3.8) is 0 Å². The largest absolute Gasteiger partial charge is 0.372 e. The number of morpholine rings is 1. The van der Waals surface area contributed by atoms with Gasteiger partial charge in [-0.1, -0.05) is 13.8 Å². The molecule has 1 aliphatic heterocycles. The van der Waals surface area contributed by atoms with Crippen molar-refractivity contribution < 1.29 is 4.74 Å². The van der Waals surface area contributed by atoms with Crippen molar-refractivity contribution in [2.75, 3.05) is 13.2 Å². The van der Waals surface area contributed by atoms with E-state index in [1.165, 1.54) is 0 Å². The zero-order valence-corrected chi connectivity index (χ0v) is 8.87. The van der Waals surface area contributed by atoms with Gasteiger partial charge in [-0.15, -0.1) is 0 Å². The third-order valence-corrected chi connectivity index (χ3v) is 2.61. The first kappa shape index (κ1) is 10.3. The number of hydrogen-bond acceptors (Lipinski definition) is 3. The quantitative estimate of drug-likeness (QED) is 0.578. The Bertz CT molecular complexity index is 217. The highest BCUT2D eigenvalue weighted by Gasteiger charge is 2.40. The lowest BCUT2D eigenvalue weighted by atomic mass is 9.86. The summed E-state index contributed by atoms with van der Waals surface area (Å²) in [7, 11) is 0. The highest BCUT2D eigenvalue weighted by atomic mass is 16.5. The van der Waals surface area contributed by atoms with Crippen LogP contribution in [0.3, 0.4) is 0 Å². The fourth-order valence-electron chi connectivity index (χ4n) is 2.28. The van der Waals surface area contributed by atoms with Crippen molar-refractivity contribution in [3.8, 4) is 6.19 Å². The first-order chi connectivity index (χ1) is 5.99. The van der Waals surface area contributed by atoms with Crippen LogP contribution in [0.2, 0.25) is 0 Å². The smallest absolute Gasteiger partial charge is 0.179 e. The Balaban J connectivity index is 2.85. The Hall–Kier alpha value is -0.750. The third kappa shape index (κ3) is 1.94. The molecule has 0 aromatic heterocycles. The number of ether oxygens (including phenoxy) is 1. The van der Waals surface area contributed by atoms with Gasteiger partial charge in [-0.25, -0.2) is 0 Å². The third-order valence-electron chi connectivity index (χ3n) is 2.61. The zero-order valence-electron chi connectivity index (χ0n) is 8.87. The molecule has 74 valence electrons. The van der Waals surface area contributed by atoms with E-state index in [9.17, 15) is 0 Å². The molecular weight excluding hydrogens is 164 g/mol. The van der Waals surface area contributed by atoms with Crippen LogP contribution in [-0.2, 0) is 4.74 Å². The molecule has 0 saturated carbocycles. The zero-order chi connectivity index (χ0) is 10.1. The van der Waals surface area contributed by atoms with Crippen molar-refractivity contribution in [2.45, 2.75) is 39.3 Å². The van der Waals surface area contributed by atoms with Crippen molar-refractivity contribution >= 4 is 0 Å². The molecule has 1 saturated heterocycles. The Morgan fingerprint density at radius 2 is 2.15 bits per heavy atom. The Labute approximate surface area is 80.3 Å². The molecule has 0 spiro atoms. The van der Waals surface area contributed by atoms with Crippen molar-refractivity contribution in [1.82, 2.24) is 4.90 Å². The van der Waals surface area contributed by atoms with Crippen LogP contribution in [0.4, 0.5) is 0 Å². The molecule has 0 aliphatic carbocycles. The van der Waals surface area contributed by atoms with Crippen LogP contribution in [0.25, 0.3) is 0 Å². The number of nitriles is 1. The maximum atomic E-state index is 8.96. The van der Waals surface area contributed by atoms with E-state index < -0.39 is 0 Å². The van der Waals surface area contributed by atoms with Crippen LogP contribution in [0.1, 0.15) is 27.7 Å². The predicted molar refractivity (Wildman–Crippen MR) is 51.0 cm³/mol. The normalized spacial score (nSPS) is 27.4. The van der Waals surface area contributed by atoms with Crippen LogP contribution in [-0.4, -0.2) is 29.7 Å². The molecule has 0 amide bonds. The number of nitrogens with zero attached hydrogens (tertiary/aromatic N) is 2. The second-order valence-electron chi connectivity index (χ2n) is 4.43. The van der Waals surface area contributed by atoms with Gasteiger partial charge in [0.2, 0.25) is 0 Å². The van der Waals surface area contributed by atoms with E-state index in [2.05, 4.69) is 33.9 Å². The average molecular weight is 182 g/mol. The van der Waals surface area contributed by atoms with E-state index in [4.69, 9.17) is 10.00 Å². The van der Waals surface area contributed by atoms with Crippen LogP contribution in [0.15, 0.2) is 0 Å². The summed E-state index contributed by atoms with van der Waals surface area (Å²) in [6.45, 7) is 9.76. The molecule has 1 atom stereocenters. The molecule has 1 rings (SSSR count). The topological polar surface area (TPSA) is 36.3 Å². The number of hydrogen-bond donors (Lipinski definition) is 0. The molecular formula is C10H18N2O. The van der Waals surface area contributed by atoms with E-state index in [-0.39, 0.29) is 11.6 Å². The van der Waals surface area contributed by atoms with E-state index in [1.54, 1.807) is 0 Å². The lowest BCUT2D eigenvalue weighted by Gasteiger charge is -2.45. The summed E-state index contributed by atoms with van der Waals surface area (Å²) >= 11 is 0. The monoisotopic (exact) mass is 182 g/mol. The predicted octanol–water partition coefficient (Wildman–Crippen LogP) is 1.60. The van der Waals surface area contributed by atoms with Gasteiger partial charge in [0.25, 0.3) is 0 Å². The van der Waals surface area contributed by atoms with Crippen LogP contribution < -0.4 is 0 Å². The minimum absolute atomic E-state index is 0.200. The molecule has 0 radical (unpaired) electrons. The molecule has 3 nitrogen and oxygen atoms in total. The fraction of sp³-hybridized carbons (Fsp3) is 0.900. The van der Waals surface area contributed by atoms with Gasteiger partial charge in [-0.05, 0) is 19.8 Å². The minimum atomic E-state index is -0.206. The van der Waals surface area contributed by atoms with E-state index in [0.29, 0.717) is 12.5 Å². The van der Waals surface area contributed by atoms with E-state index in [1.807, 2.05) is 4.90 Å². The summed E-state index contributed by atoms with van der Waals surface area (Å²) in [4.78, 5) is 1.84. The van der Waals surface area contributed by atoms with Gasteiger partial charge in [-0.2, -0.15) is 5.26 Å². The van der Waals surface area contributed by atoms with Gasteiger partial charge in [0, 0.05) is 0 Å². The highest BCUT2D eigenvalue weighted by molar-refractivity contribution is 4.97. The molecule has 0 bridgehead atoms. The summed E-state index contributed by atoms with van der Waals surface area (Å²) < 4.78 is 5.68. The standard InChI is InChI=1S/C10H18N2O/c1-8(2)9-10(3,4)13-6-5-12(9)7-11/h8-9H,5-6H2,1-4H3. The Morgan fingerprint density at radius 3 is 2.54 bits per heavy atom. The van der Waals surface area contributed by atoms with Crippen LogP contribution >= 0.6 is 0 Å². The lowest BCUT2D eigenvalue weighted by Crippen LogP contribution is -2.57. The second kappa shape index (κ2) is 3.55. The highest BCUT2D eigenvalue weighted by Crippen LogP contribution is 2.29. The summed E-state index contributed by atoms with van der Waals surface area (Å²) in [6.07, 6.45) is 2.24. The molecule has 1 unspecified atom stereocenters.